The van der Waals surface area contributed by atoms with Crippen molar-refractivity contribution in [1.82, 2.24) is 0 Å². The predicted molar refractivity (Wildman–Crippen MR) is 90.3 cm³/mol. The number of nitrogens with one attached hydrogen (secondary N) is 1. The lowest BCUT2D eigenvalue weighted by molar-refractivity contribution is 0.0984. The fraction of sp³-hybridized carbons (Fsp3) is 0.176. The predicted octanol–water partition coefficient (Wildman–Crippen LogP) is 4.58. The van der Waals surface area contributed by atoms with Crippen LogP contribution in [-0.4, -0.2) is 17.4 Å². The highest BCUT2D eigenvalue weighted by molar-refractivity contribution is 7.99. The van der Waals surface area contributed by atoms with Crippen molar-refractivity contribution in [1.29, 1.82) is 0 Å². The van der Waals surface area contributed by atoms with E-state index in [2.05, 4.69) is 5.32 Å². The Bertz CT molecular complexity index is 773. The molecular formula is C17H14ClNO2S. The van der Waals surface area contributed by atoms with Gasteiger partial charge in [-0.3, -0.25) is 9.59 Å². The number of rotatable bonds is 2. The Morgan fingerprint density at radius 2 is 2.09 bits per heavy atom. The van der Waals surface area contributed by atoms with Gasteiger partial charge >= 0.3 is 0 Å². The number of benzene rings is 2. The van der Waals surface area contributed by atoms with E-state index < -0.39 is 0 Å². The lowest BCUT2D eigenvalue weighted by atomic mass is 10.0. The van der Waals surface area contributed by atoms with Crippen LogP contribution in [0.5, 0.6) is 0 Å². The molecule has 0 spiro atoms. The average molecular weight is 332 g/mol. The summed E-state index contributed by atoms with van der Waals surface area (Å²) < 4.78 is 0. The molecule has 0 unspecified atom stereocenters. The first kappa shape index (κ1) is 15.1. The highest BCUT2D eigenvalue weighted by Gasteiger charge is 2.23. The molecule has 0 saturated carbocycles. The van der Waals surface area contributed by atoms with Gasteiger partial charge in [0.1, 0.15) is 0 Å². The van der Waals surface area contributed by atoms with Crippen molar-refractivity contribution in [2.75, 3.05) is 11.1 Å². The molecule has 1 amide bonds. The zero-order valence-electron chi connectivity index (χ0n) is 12.0. The third kappa shape index (κ3) is 2.89. The van der Waals surface area contributed by atoms with Crippen LogP contribution < -0.4 is 5.32 Å². The van der Waals surface area contributed by atoms with E-state index in [0.717, 1.165) is 10.5 Å². The first-order valence-corrected chi connectivity index (χ1v) is 8.29. The molecule has 0 fully saturated rings. The van der Waals surface area contributed by atoms with Gasteiger partial charge < -0.3 is 5.32 Å². The van der Waals surface area contributed by atoms with Crippen molar-refractivity contribution in [2.24, 2.45) is 0 Å². The zero-order chi connectivity index (χ0) is 15.7. The molecule has 0 saturated heterocycles. The highest BCUT2D eigenvalue weighted by atomic mass is 35.5. The molecule has 1 N–H and O–H groups in total. The van der Waals surface area contributed by atoms with E-state index >= 15 is 0 Å². The number of aryl methyl sites for hydroxylation is 1. The first-order valence-electron chi connectivity index (χ1n) is 6.93. The maximum Gasteiger partial charge on any atom is 0.256 e. The van der Waals surface area contributed by atoms with Crippen molar-refractivity contribution >= 4 is 40.7 Å². The van der Waals surface area contributed by atoms with Crippen LogP contribution in [0.3, 0.4) is 0 Å². The number of fused-ring (bicyclic) bond motifs is 1. The van der Waals surface area contributed by atoms with Gasteiger partial charge in [0.05, 0.1) is 16.3 Å². The molecule has 112 valence electrons. The Labute approximate surface area is 138 Å². The number of hydrogen-bond donors (Lipinski definition) is 1. The lowest BCUT2D eigenvalue weighted by Gasteiger charge is -2.17. The summed E-state index contributed by atoms with van der Waals surface area (Å²) in [6.07, 6.45) is 0.520. The number of Topliss-reactive ketones (excluding diaryl/α,β-unsaturated/α-hetero) is 1. The molecule has 0 aliphatic carbocycles. The molecule has 5 heteroatoms. The number of halogens is 1. The minimum atomic E-state index is -0.246. The molecule has 1 heterocycles. The summed E-state index contributed by atoms with van der Waals surface area (Å²) in [6.45, 7) is 1.94. The Morgan fingerprint density at radius 3 is 2.86 bits per heavy atom. The normalized spacial score (nSPS) is 13.6. The summed E-state index contributed by atoms with van der Waals surface area (Å²) in [4.78, 5) is 25.2. The summed E-state index contributed by atoms with van der Waals surface area (Å²) in [5, 5.41) is 3.32. The molecule has 0 atom stereocenters. The number of anilines is 1. The van der Waals surface area contributed by atoms with Crippen LogP contribution in [0.15, 0.2) is 41.3 Å². The zero-order valence-corrected chi connectivity index (χ0v) is 13.6. The van der Waals surface area contributed by atoms with E-state index in [-0.39, 0.29) is 11.7 Å². The number of thioether (sulfide) groups is 1. The molecule has 0 bridgehead atoms. The van der Waals surface area contributed by atoms with E-state index in [0.29, 0.717) is 34.0 Å². The second-order valence-electron chi connectivity index (χ2n) is 5.14. The summed E-state index contributed by atoms with van der Waals surface area (Å²) in [6, 6.07) is 10.7. The molecule has 1 aliphatic rings. The Balaban J connectivity index is 1.93. The largest absolute Gasteiger partial charge is 0.321 e. The van der Waals surface area contributed by atoms with Gasteiger partial charge in [0.2, 0.25) is 0 Å². The van der Waals surface area contributed by atoms with Crippen LogP contribution in [-0.2, 0) is 0 Å². The maximum atomic E-state index is 12.5. The van der Waals surface area contributed by atoms with Crippen molar-refractivity contribution in [3.8, 4) is 0 Å². The molecule has 0 aromatic heterocycles. The van der Waals surface area contributed by atoms with E-state index in [1.54, 1.807) is 42.1 Å². The third-order valence-electron chi connectivity index (χ3n) is 3.51. The number of carbonyl (C=O) groups excluding carboxylic acids is 2. The van der Waals surface area contributed by atoms with Gasteiger partial charge in [0.25, 0.3) is 5.91 Å². The number of carbonyl (C=O) groups is 2. The molecule has 0 radical (unpaired) electrons. The Kier molecular flexibility index (Phi) is 4.23. The van der Waals surface area contributed by atoms with Crippen molar-refractivity contribution < 1.29 is 9.59 Å². The van der Waals surface area contributed by atoms with Gasteiger partial charge in [-0.1, -0.05) is 29.8 Å². The van der Waals surface area contributed by atoms with Crippen molar-refractivity contribution in [3.63, 3.8) is 0 Å². The number of ketones is 1. The second kappa shape index (κ2) is 6.15. The number of amides is 1. The van der Waals surface area contributed by atoms with Crippen LogP contribution in [0.1, 0.15) is 32.7 Å². The molecular weight excluding hydrogens is 318 g/mol. The molecule has 3 rings (SSSR count). The van der Waals surface area contributed by atoms with Gasteiger partial charge in [-0.2, -0.15) is 0 Å². The maximum absolute atomic E-state index is 12.5. The summed E-state index contributed by atoms with van der Waals surface area (Å²) in [5.41, 5.74) is 2.76. The van der Waals surface area contributed by atoms with Crippen LogP contribution >= 0.6 is 23.4 Å². The standard InChI is InChI=1S/C17H14ClNO2S/c1-10-5-6-14(13(18)9-10)19-17(21)12-4-2-3-11-15(20)7-8-22-16(11)12/h2-6,9H,7-8H2,1H3,(H,19,21). The number of hydrogen-bond acceptors (Lipinski definition) is 3. The smallest absolute Gasteiger partial charge is 0.256 e. The quantitative estimate of drug-likeness (QED) is 0.876. The fourth-order valence-electron chi connectivity index (χ4n) is 2.38. The van der Waals surface area contributed by atoms with Gasteiger partial charge in [0.15, 0.2) is 5.78 Å². The van der Waals surface area contributed by atoms with Gasteiger partial charge in [-0.25, -0.2) is 0 Å². The molecule has 22 heavy (non-hydrogen) atoms. The second-order valence-corrected chi connectivity index (χ2v) is 6.65. The average Bonchev–Trinajstić information content (AvgIpc) is 2.50. The molecule has 1 aliphatic heterocycles. The van der Waals surface area contributed by atoms with Gasteiger partial charge in [0, 0.05) is 22.6 Å². The van der Waals surface area contributed by atoms with Crippen LogP contribution in [0, 0.1) is 6.92 Å². The van der Waals surface area contributed by atoms with E-state index in [4.69, 9.17) is 11.6 Å². The molecule has 2 aromatic carbocycles. The van der Waals surface area contributed by atoms with Crippen LogP contribution in [0.4, 0.5) is 5.69 Å². The van der Waals surface area contributed by atoms with E-state index in [1.807, 2.05) is 13.0 Å². The molecule has 2 aromatic rings. The topological polar surface area (TPSA) is 46.2 Å². The third-order valence-corrected chi connectivity index (χ3v) is 4.96. The first-order chi connectivity index (χ1) is 10.6. The van der Waals surface area contributed by atoms with E-state index in [1.165, 1.54) is 0 Å². The minimum Gasteiger partial charge on any atom is -0.321 e. The highest BCUT2D eigenvalue weighted by Crippen LogP contribution is 2.33. The summed E-state index contributed by atoms with van der Waals surface area (Å²) >= 11 is 7.70. The van der Waals surface area contributed by atoms with Crippen molar-refractivity contribution in [2.45, 2.75) is 18.2 Å². The lowest BCUT2D eigenvalue weighted by Crippen LogP contribution is -2.17. The minimum absolute atomic E-state index is 0.0942. The van der Waals surface area contributed by atoms with Gasteiger partial charge in [-0.05, 0) is 30.7 Å². The Hall–Kier alpha value is -1.78. The summed E-state index contributed by atoms with van der Waals surface area (Å²) in [7, 11) is 0. The summed E-state index contributed by atoms with van der Waals surface area (Å²) in [5.74, 6) is 0.558. The molecule has 3 nitrogen and oxygen atoms in total. The monoisotopic (exact) mass is 331 g/mol. The van der Waals surface area contributed by atoms with Crippen LogP contribution in [0.25, 0.3) is 0 Å². The van der Waals surface area contributed by atoms with E-state index in [9.17, 15) is 9.59 Å². The van der Waals surface area contributed by atoms with Gasteiger partial charge in [-0.15, -0.1) is 11.8 Å². The van der Waals surface area contributed by atoms with Crippen molar-refractivity contribution in [3.05, 3.63) is 58.1 Å². The van der Waals surface area contributed by atoms with Crippen LogP contribution in [0.2, 0.25) is 5.02 Å². The fourth-order valence-corrected chi connectivity index (χ4v) is 3.81. The SMILES string of the molecule is Cc1ccc(NC(=O)c2cccc3c2SCCC3=O)c(Cl)c1. The Morgan fingerprint density at radius 1 is 1.27 bits per heavy atom.